The average Bonchev–Trinajstić information content (AvgIpc) is 3.17. The molecule has 8 nitrogen and oxygen atoms in total. The highest BCUT2D eigenvalue weighted by Crippen LogP contribution is 2.28. The van der Waals surface area contributed by atoms with Crippen molar-refractivity contribution in [1.29, 1.82) is 0 Å². The molecule has 0 N–H and O–H groups in total. The lowest BCUT2D eigenvalue weighted by atomic mass is 10.1. The van der Waals surface area contributed by atoms with E-state index in [1.165, 1.54) is 10.7 Å². The van der Waals surface area contributed by atoms with E-state index in [0.717, 1.165) is 6.42 Å². The van der Waals surface area contributed by atoms with Crippen LogP contribution >= 0.6 is 11.6 Å². The van der Waals surface area contributed by atoms with E-state index in [2.05, 4.69) is 10.1 Å². The zero-order chi connectivity index (χ0) is 20.6. The van der Waals surface area contributed by atoms with Crippen molar-refractivity contribution in [1.82, 2.24) is 19.5 Å². The van der Waals surface area contributed by atoms with Crippen molar-refractivity contribution in [2.45, 2.75) is 58.8 Å². The summed E-state index contributed by atoms with van der Waals surface area (Å²) >= 11 is 6.05. The molecule has 0 aromatic carbocycles. The third-order valence-corrected chi connectivity index (χ3v) is 4.67. The van der Waals surface area contributed by atoms with E-state index in [4.69, 9.17) is 21.1 Å². The summed E-state index contributed by atoms with van der Waals surface area (Å²) < 4.78 is 13.2. The minimum Gasteiger partial charge on any atom is -0.456 e. The number of ether oxygens (including phenoxy) is 2. The average molecular weight is 409 g/mol. The summed E-state index contributed by atoms with van der Waals surface area (Å²) in [5, 5.41) is 4.53. The van der Waals surface area contributed by atoms with E-state index < -0.39 is 17.7 Å². The summed E-state index contributed by atoms with van der Waals surface area (Å²) in [4.78, 5) is 30.4. The van der Waals surface area contributed by atoms with E-state index in [-0.39, 0.29) is 22.7 Å². The van der Waals surface area contributed by atoms with Crippen LogP contribution in [-0.4, -0.2) is 56.2 Å². The van der Waals surface area contributed by atoms with Crippen molar-refractivity contribution >= 4 is 29.1 Å². The van der Waals surface area contributed by atoms with Crippen LogP contribution in [0.4, 0.5) is 0 Å². The Morgan fingerprint density at radius 1 is 1.36 bits per heavy atom. The number of likely N-dealkylation sites (tertiary alicyclic amines) is 1. The smallest absolute Gasteiger partial charge is 0.342 e. The molecule has 9 heteroatoms. The molecular formula is C19H25ClN4O4. The molecule has 2 aromatic heterocycles. The van der Waals surface area contributed by atoms with Gasteiger partial charge in [0.05, 0.1) is 17.9 Å². The van der Waals surface area contributed by atoms with Crippen LogP contribution in [0.15, 0.2) is 12.3 Å². The van der Waals surface area contributed by atoms with Crippen LogP contribution in [0, 0.1) is 0 Å². The molecule has 1 aliphatic heterocycles. The van der Waals surface area contributed by atoms with Crippen LogP contribution in [0.25, 0.3) is 5.65 Å². The number of halogens is 1. The van der Waals surface area contributed by atoms with Gasteiger partial charge in [-0.25, -0.2) is 14.3 Å². The maximum atomic E-state index is 12.8. The Bertz CT molecular complexity index is 905. The van der Waals surface area contributed by atoms with Crippen molar-refractivity contribution in [2.24, 2.45) is 0 Å². The molecule has 1 saturated heterocycles. The quantitative estimate of drug-likeness (QED) is 0.723. The molecule has 1 aliphatic rings. The zero-order valence-electron chi connectivity index (χ0n) is 16.7. The van der Waals surface area contributed by atoms with Gasteiger partial charge in [0.1, 0.15) is 11.2 Å². The van der Waals surface area contributed by atoms with Crippen LogP contribution in [-0.2, 0) is 14.3 Å². The Labute approximate surface area is 168 Å². The lowest BCUT2D eigenvalue weighted by Gasteiger charge is -2.24. The van der Waals surface area contributed by atoms with Gasteiger partial charge in [-0.1, -0.05) is 11.6 Å². The Balaban J connectivity index is 1.94. The molecule has 2 aromatic rings. The first-order chi connectivity index (χ1) is 13.0. The maximum Gasteiger partial charge on any atom is 0.342 e. The minimum absolute atomic E-state index is 0.0263. The molecule has 0 aliphatic carbocycles. The van der Waals surface area contributed by atoms with Crippen LogP contribution in [0.3, 0.4) is 0 Å². The van der Waals surface area contributed by atoms with E-state index in [9.17, 15) is 9.59 Å². The molecule has 3 rings (SSSR count). The number of aromatic nitrogens is 3. The molecule has 28 heavy (non-hydrogen) atoms. The second kappa shape index (κ2) is 7.67. The fourth-order valence-corrected chi connectivity index (χ4v) is 3.46. The first-order valence-corrected chi connectivity index (χ1v) is 9.61. The Kier molecular flexibility index (Phi) is 5.63. The highest BCUT2D eigenvalue weighted by Gasteiger charge is 2.31. The van der Waals surface area contributed by atoms with Gasteiger partial charge < -0.3 is 14.4 Å². The van der Waals surface area contributed by atoms with Gasteiger partial charge in [-0.3, -0.25) is 4.79 Å². The number of hydrogen-bond donors (Lipinski definition) is 0. The predicted octanol–water partition coefficient (Wildman–Crippen LogP) is 3.04. The second-order valence-corrected chi connectivity index (χ2v) is 8.34. The molecule has 0 spiro atoms. The lowest BCUT2D eigenvalue weighted by molar-refractivity contribution is -0.128. The molecule has 0 bridgehead atoms. The Hall–Kier alpha value is -2.19. The highest BCUT2D eigenvalue weighted by atomic mass is 35.5. The van der Waals surface area contributed by atoms with Crippen LogP contribution < -0.4 is 0 Å². The fraction of sp³-hybridized carbons (Fsp3) is 0.579. The van der Waals surface area contributed by atoms with Crippen LogP contribution in [0.5, 0.6) is 0 Å². The molecule has 1 amide bonds. The Morgan fingerprint density at radius 3 is 2.68 bits per heavy atom. The van der Waals surface area contributed by atoms with E-state index in [0.29, 0.717) is 24.4 Å². The minimum atomic E-state index is -0.650. The van der Waals surface area contributed by atoms with Gasteiger partial charge in [0, 0.05) is 32.3 Å². The first kappa shape index (κ1) is 20.5. The van der Waals surface area contributed by atoms with Crippen LogP contribution in [0.1, 0.15) is 63.2 Å². The van der Waals surface area contributed by atoms with Crippen molar-refractivity contribution in [3.8, 4) is 0 Å². The third-order valence-electron chi connectivity index (χ3n) is 4.48. The normalized spacial score (nSPS) is 18.5. The predicted molar refractivity (Wildman–Crippen MR) is 103 cm³/mol. The molecule has 2 atom stereocenters. The SMILES string of the molecule is CC(=O)N1CC[C@@H](OC(C)c2c(C(=O)OC(C)(C)C)cnc3cc(Cl)nn23)C1. The summed E-state index contributed by atoms with van der Waals surface area (Å²) in [6, 6.07) is 1.61. The zero-order valence-corrected chi connectivity index (χ0v) is 17.5. The lowest BCUT2D eigenvalue weighted by Crippen LogP contribution is -2.29. The van der Waals surface area contributed by atoms with Gasteiger partial charge >= 0.3 is 5.97 Å². The number of carbonyl (C=O) groups is 2. The molecule has 1 fully saturated rings. The van der Waals surface area contributed by atoms with Gasteiger partial charge in [-0.05, 0) is 34.1 Å². The highest BCUT2D eigenvalue weighted by molar-refractivity contribution is 6.29. The molecule has 1 unspecified atom stereocenters. The van der Waals surface area contributed by atoms with Crippen molar-refractivity contribution in [2.75, 3.05) is 13.1 Å². The topological polar surface area (TPSA) is 86.0 Å². The number of hydrogen-bond acceptors (Lipinski definition) is 6. The molecule has 3 heterocycles. The molecule has 0 saturated carbocycles. The van der Waals surface area contributed by atoms with E-state index in [1.807, 2.05) is 6.92 Å². The number of fused-ring (bicyclic) bond motifs is 1. The molecule has 0 radical (unpaired) electrons. The number of rotatable bonds is 4. The summed E-state index contributed by atoms with van der Waals surface area (Å²) in [5.41, 5.74) is 0.658. The van der Waals surface area contributed by atoms with Gasteiger partial charge in [0.2, 0.25) is 5.91 Å². The van der Waals surface area contributed by atoms with Gasteiger partial charge in [-0.15, -0.1) is 0 Å². The first-order valence-electron chi connectivity index (χ1n) is 9.23. The van der Waals surface area contributed by atoms with Crippen LogP contribution in [0.2, 0.25) is 5.15 Å². The van der Waals surface area contributed by atoms with E-state index >= 15 is 0 Å². The second-order valence-electron chi connectivity index (χ2n) is 7.95. The molecular weight excluding hydrogens is 384 g/mol. The standard InChI is InChI=1S/C19H25ClN4O4/c1-11(27-13-6-7-23(10-13)12(2)25)17-14(18(26)28-19(3,4)5)9-21-16-8-15(20)22-24(16)17/h8-9,11,13H,6-7,10H2,1-5H3/t11?,13-/m1/s1. The summed E-state index contributed by atoms with van der Waals surface area (Å²) in [6.45, 7) is 9.97. The van der Waals surface area contributed by atoms with Crippen molar-refractivity contribution in [3.05, 3.63) is 28.7 Å². The number of esters is 1. The van der Waals surface area contributed by atoms with Crippen molar-refractivity contribution in [3.63, 3.8) is 0 Å². The summed E-state index contributed by atoms with van der Waals surface area (Å²) in [6.07, 6.45) is 1.59. The number of nitrogens with zero attached hydrogens (tertiary/aromatic N) is 4. The van der Waals surface area contributed by atoms with Gasteiger partial charge in [-0.2, -0.15) is 5.10 Å². The summed E-state index contributed by atoms with van der Waals surface area (Å²) in [5.74, 6) is -0.478. The fourth-order valence-electron chi connectivity index (χ4n) is 3.28. The third kappa shape index (κ3) is 4.44. The van der Waals surface area contributed by atoms with Gasteiger partial charge in [0.15, 0.2) is 10.8 Å². The van der Waals surface area contributed by atoms with Gasteiger partial charge in [0.25, 0.3) is 0 Å². The largest absolute Gasteiger partial charge is 0.456 e. The summed E-state index contributed by atoms with van der Waals surface area (Å²) in [7, 11) is 0. The maximum absolute atomic E-state index is 12.8. The van der Waals surface area contributed by atoms with E-state index in [1.54, 1.807) is 38.7 Å². The van der Waals surface area contributed by atoms with Crippen molar-refractivity contribution < 1.29 is 19.1 Å². The monoisotopic (exact) mass is 408 g/mol. The number of amides is 1. The Morgan fingerprint density at radius 2 is 2.07 bits per heavy atom. The molecule has 152 valence electrons. The number of carbonyl (C=O) groups excluding carboxylic acids is 2.